The Hall–Kier alpha value is -1.59. The number of carbonyl (C=O) groups excluding carboxylic acids is 1. The molecule has 1 aromatic carbocycles. The third-order valence-electron chi connectivity index (χ3n) is 5.24. The van der Waals surface area contributed by atoms with Gasteiger partial charge >= 0.3 is 12.1 Å². The Morgan fingerprint density at radius 1 is 0.800 bits per heavy atom. The molecule has 172 valence electrons. The topological polar surface area (TPSA) is 26.3 Å². The van der Waals surface area contributed by atoms with E-state index in [-0.39, 0.29) is 6.61 Å². The predicted molar refractivity (Wildman–Crippen MR) is 112 cm³/mol. The minimum Gasteiger partial charge on any atom is -0.462 e. The molecule has 0 bridgehead atoms. The zero-order valence-electron chi connectivity index (χ0n) is 18.2. The van der Waals surface area contributed by atoms with Crippen molar-refractivity contribution in [3.05, 3.63) is 35.1 Å². The molecule has 30 heavy (non-hydrogen) atoms. The fraction of sp³-hybridized carbons (Fsp3) is 0.708. The van der Waals surface area contributed by atoms with E-state index >= 15 is 0 Å². The van der Waals surface area contributed by atoms with Crippen LogP contribution < -0.4 is 0 Å². The number of alkyl halides is 3. The number of ether oxygens (including phenoxy) is 1. The van der Waals surface area contributed by atoms with E-state index in [0.717, 1.165) is 19.3 Å². The van der Waals surface area contributed by atoms with Crippen LogP contribution in [0.2, 0.25) is 0 Å². The first kappa shape index (κ1) is 26.4. The summed E-state index contributed by atoms with van der Waals surface area (Å²) in [5.74, 6) is -2.05. The molecule has 2 nitrogen and oxygen atoms in total. The highest BCUT2D eigenvalue weighted by atomic mass is 19.4. The van der Waals surface area contributed by atoms with Crippen LogP contribution in [-0.4, -0.2) is 12.6 Å². The molecule has 1 rings (SSSR count). The largest absolute Gasteiger partial charge is 0.462 e. The van der Waals surface area contributed by atoms with Gasteiger partial charge in [0.1, 0.15) is 5.82 Å². The maximum Gasteiger partial charge on any atom is 0.416 e. The van der Waals surface area contributed by atoms with Gasteiger partial charge in [0.2, 0.25) is 0 Å². The summed E-state index contributed by atoms with van der Waals surface area (Å²) in [7, 11) is 0. The quantitative estimate of drug-likeness (QED) is 0.149. The summed E-state index contributed by atoms with van der Waals surface area (Å²) in [5, 5.41) is 0. The number of halogens is 4. The first-order chi connectivity index (χ1) is 14.4. The Morgan fingerprint density at radius 2 is 1.27 bits per heavy atom. The summed E-state index contributed by atoms with van der Waals surface area (Å²) in [4.78, 5) is 11.8. The van der Waals surface area contributed by atoms with E-state index in [1.807, 2.05) is 0 Å². The lowest BCUT2D eigenvalue weighted by molar-refractivity contribution is -0.137. The highest BCUT2D eigenvalue weighted by molar-refractivity contribution is 5.89. The minimum atomic E-state index is -4.63. The van der Waals surface area contributed by atoms with E-state index in [1.54, 1.807) is 0 Å². The van der Waals surface area contributed by atoms with Crippen LogP contribution >= 0.6 is 0 Å². The van der Waals surface area contributed by atoms with Gasteiger partial charge in [0.15, 0.2) is 0 Å². The Kier molecular flexibility index (Phi) is 13.4. The van der Waals surface area contributed by atoms with Crippen molar-refractivity contribution in [3.8, 4) is 0 Å². The van der Waals surface area contributed by atoms with Crippen LogP contribution in [0.25, 0.3) is 0 Å². The smallest absolute Gasteiger partial charge is 0.416 e. The van der Waals surface area contributed by atoms with Crippen molar-refractivity contribution in [1.29, 1.82) is 0 Å². The molecule has 1 aromatic rings. The molecule has 0 aromatic heterocycles. The van der Waals surface area contributed by atoms with E-state index in [1.165, 1.54) is 64.2 Å². The van der Waals surface area contributed by atoms with Gasteiger partial charge in [-0.3, -0.25) is 0 Å². The van der Waals surface area contributed by atoms with Gasteiger partial charge in [-0.1, -0.05) is 90.4 Å². The molecule has 0 saturated carbocycles. The van der Waals surface area contributed by atoms with Crippen molar-refractivity contribution in [1.82, 2.24) is 0 Å². The molecule has 0 spiro atoms. The average molecular weight is 433 g/mol. The molecule has 0 unspecified atom stereocenters. The van der Waals surface area contributed by atoms with E-state index in [2.05, 4.69) is 6.92 Å². The van der Waals surface area contributed by atoms with Crippen molar-refractivity contribution in [3.63, 3.8) is 0 Å². The second-order valence-corrected chi connectivity index (χ2v) is 7.92. The second-order valence-electron chi connectivity index (χ2n) is 7.92. The van der Waals surface area contributed by atoms with Crippen LogP contribution in [0.4, 0.5) is 17.6 Å². The molecule has 0 aliphatic carbocycles. The van der Waals surface area contributed by atoms with Crippen LogP contribution in [-0.2, 0) is 10.9 Å². The van der Waals surface area contributed by atoms with Crippen molar-refractivity contribution in [2.45, 2.75) is 103 Å². The molecule has 0 N–H and O–H groups in total. The van der Waals surface area contributed by atoms with Crippen LogP contribution in [0.3, 0.4) is 0 Å². The van der Waals surface area contributed by atoms with Crippen LogP contribution in [0.15, 0.2) is 18.2 Å². The monoisotopic (exact) mass is 432 g/mol. The molecule has 0 saturated heterocycles. The molecule has 0 amide bonds. The van der Waals surface area contributed by atoms with Crippen molar-refractivity contribution >= 4 is 5.97 Å². The first-order valence-electron chi connectivity index (χ1n) is 11.4. The van der Waals surface area contributed by atoms with Crippen molar-refractivity contribution in [2.75, 3.05) is 6.61 Å². The van der Waals surface area contributed by atoms with Gasteiger partial charge in [-0.15, -0.1) is 0 Å². The Morgan fingerprint density at radius 3 is 1.73 bits per heavy atom. The highest BCUT2D eigenvalue weighted by Crippen LogP contribution is 2.30. The Labute approximate surface area is 178 Å². The number of hydrogen-bond acceptors (Lipinski definition) is 2. The fourth-order valence-corrected chi connectivity index (χ4v) is 3.40. The molecule has 0 atom stereocenters. The third-order valence-corrected chi connectivity index (χ3v) is 5.24. The number of unbranched alkanes of at least 4 members (excludes halogenated alkanes) is 13. The standard InChI is InChI=1S/C24H36F4O2/c1-2-3-4-5-6-7-8-9-10-11-12-13-14-15-18-30-23(29)21-19-20(24(26,27)28)16-17-22(21)25/h16-17,19H,2-15,18H2,1H3. The summed E-state index contributed by atoms with van der Waals surface area (Å²) in [5.41, 5.74) is -1.73. The number of esters is 1. The third kappa shape index (κ3) is 11.6. The van der Waals surface area contributed by atoms with Crippen LogP contribution in [0.1, 0.15) is 113 Å². The molecular formula is C24H36F4O2. The van der Waals surface area contributed by atoms with E-state index < -0.39 is 29.1 Å². The number of carbonyl (C=O) groups is 1. The fourth-order valence-electron chi connectivity index (χ4n) is 3.40. The van der Waals surface area contributed by atoms with Crippen molar-refractivity contribution < 1.29 is 27.1 Å². The van der Waals surface area contributed by atoms with Crippen LogP contribution in [0.5, 0.6) is 0 Å². The highest BCUT2D eigenvalue weighted by Gasteiger charge is 2.32. The lowest BCUT2D eigenvalue weighted by atomic mass is 10.0. The van der Waals surface area contributed by atoms with Gasteiger partial charge in [0.05, 0.1) is 17.7 Å². The maximum atomic E-state index is 13.6. The Bertz CT molecular complexity index is 599. The lowest BCUT2D eigenvalue weighted by Gasteiger charge is -2.10. The summed E-state index contributed by atoms with van der Waals surface area (Å²) in [6, 6.07) is 1.76. The van der Waals surface area contributed by atoms with Gasteiger partial charge < -0.3 is 4.74 Å². The number of benzene rings is 1. The predicted octanol–water partition coefficient (Wildman–Crippen LogP) is 8.48. The molecule has 0 heterocycles. The number of hydrogen-bond donors (Lipinski definition) is 0. The molecule has 0 aliphatic rings. The summed E-state index contributed by atoms with van der Waals surface area (Å²) in [6.07, 6.45) is 12.1. The van der Waals surface area contributed by atoms with E-state index in [0.29, 0.717) is 24.6 Å². The normalized spacial score (nSPS) is 11.6. The van der Waals surface area contributed by atoms with Gasteiger partial charge in [-0.05, 0) is 24.6 Å². The maximum absolute atomic E-state index is 13.6. The average Bonchev–Trinajstić information content (AvgIpc) is 2.70. The second kappa shape index (κ2) is 15.2. The number of rotatable bonds is 16. The lowest BCUT2D eigenvalue weighted by Crippen LogP contribution is -2.12. The van der Waals surface area contributed by atoms with Crippen LogP contribution in [0, 0.1) is 5.82 Å². The van der Waals surface area contributed by atoms with E-state index in [4.69, 9.17) is 4.74 Å². The molecule has 0 aliphatic heterocycles. The zero-order chi connectivity index (χ0) is 22.2. The SMILES string of the molecule is CCCCCCCCCCCCCCCCOC(=O)c1cc(C(F)(F)F)ccc1F. The summed E-state index contributed by atoms with van der Waals surface area (Å²) in [6.45, 7) is 2.32. The van der Waals surface area contributed by atoms with Gasteiger partial charge in [-0.2, -0.15) is 13.2 Å². The van der Waals surface area contributed by atoms with Gasteiger partial charge in [0.25, 0.3) is 0 Å². The van der Waals surface area contributed by atoms with Gasteiger partial charge in [-0.25, -0.2) is 9.18 Å². The van der Waals surface area contributed by atoms with Gasteiger partial charge in [0, 0.05) is 0 Å². The van der Waals surface area contributed by atoms with Crippen molar-refractivity contribution in [2.24, 2.45) is 0 Å². The minimum absolute atomic E-state index is 0.0898. The first-order valence-corrected chi connectivity index (χ1v) is 11.4. The zero-order valence-corrected chi connectivity index (χ0v) is 18.2. The molecule has 0 fully saturated rings. The van der Waals surface area contributed by atoms with E-state index in [9.17, 15) is 22.4 Å². The molecule has 0 radical (unpaired) electrons. The Balaban J connectivity index is 2.04. The molecule has 6 heteroatoms. The summed E-state index contributed by atoms with van der Waals surface area (Å²) < 4.78 is 56.6. The summed E-state index contributed by atoms with van der Waals surface area (Å²) >= 11 is 0. The molecular weight excluding hydrogens is 396 g/mol.